The lowest BCUT2D eigenvalue weighted by atomic mass is 9.97. The summed E-state index contributed by atoms with van der Waals surface area (Å²) in [6, 6.07) is 20.4. The second-order valence-corrected chi connectivity index (χ2v) is 7.35. The quantitative estimate of drug-likeness (QED) is 0.311. The van der Waals surface area contributed by atoms with Crippen molar-refractivity contribution >= 4 is 22.7 Å². The molecule has 0 radical (unpaired) electrons. The van der Waals surface area contributed by atoms with Crippen molar-refractivity contribution in [3.8, 4) is 11.3 Å². The van der Waals surface area contributed by atoms with Gasteiger partial charge in [-0.2, -0.15) is 0 Å². The highest BCUT2D eigenvalue weighted by Crippen LogP contribution is 2.30. The van der Waals surface area contributed by atoms with Gasteiger partial charge in [-0.05, 0) is 49.7 Å². The molecule has 3 aromatic carbocycles. The van der Waals surface area contributed by atoms with E-state index in [2.05, 4.69) is 0 Å². The molecule has 154 valence electrons. The molecule has 0 bridgehead atoms. The predicted octanol–water partition coefficient (Wildman–Crippen LogP) is 5.70. The van der Waals surface area contributed by atoms with E-state index < -0.39 is 24.2 Å². The van der Waals surface area contributed by atoms with Crippen LogP contribution in [0.3, 0.4) is 0 Å². The molecular weight excluding hydrogens is 393 g/mol. The van der Waals surface area contributed by atoms with E-state index in [0.717, 1.165) is 11.1 Å². The molecule has 0 amide bonds. The van der Waals surface area contributed by atoms with Crippen LogP contribution in [0.15, 0.2) is 72.8 Å². The maximum Gasteiger partial charge on any atom is 0.339 e. The number of halogens is 1. The topological polar surface area (TPSA) is 56.3 Å². The van der Waals surface area contributed by atoms with Crippen molar-refractivity contribution in [2.45, 2.75) is 13.8 Å². The largest absolute Gasteiger partial charge is 0.454 e. The summed E-state index contributed by atoms with van der Waals surface area (Å²) in [5.41, 5.74) is 4.73. The van der Waals surface area contributed by atoms with Gasteiger partial charge in [0, 0.05) is 16.5 Å². The number of fused-ring (bicyclic) bond motifs is 1. The van der Waals surface area contributed by atoms with Crippen molar-refractivity contribution in [1.82, 2.24) is 4.98 Å². The van der Waals surface area contributed by atoms with Crippen LogP contribution < -0.4 is 0 Å². The van der Waals surface area contributed by atoms with E-state index >= 15 is 0 Å². The highest BCUT2D eigenvalue weighted by atomic mass is 19.1. The molecule has 4 aromatic rings. The van der Waals surface area contributed by atoms with Crippen LogP contribution in [-0.4, -0.2) is 23.3 Å². The van der Waals surface area contributed by atoms with E-state index in [1.54, 1.807) is 0 Å². The number of hydrogen-bond donors (Lipinski definition) is 0. The highest BCUT2D eigenvalue weighted by molar-refractivity contribution is 6.07. The molecule has 0 saturated heterocycles. The van der Waals surface area contributed by atoms with E-state index in [4.69, 9.17) is 9.72 Å². The normalized spacial score (nSPS) is 10.8. The summed E-state index contributed by atoms with van der Waals surface area (Å²) in [5.74, 6) is -1.43. The van der Waals surface area contributed by atoms with Gasteiger partial charge < -0.3 is 4.74 Å². The number of esters is 1. The summed E-state index contributed by atoms with van der Waals surface area (Å²) < 4.78 is 18.4. The SMILES string of the molecule is Cc1ccc(-c2nc3ccccc3c(C(=O)OCC(=O)c3ccc(F)cc3)c2C)cc1. The van der Waals surface area contributed by atoms with E-state index in [-0.39, 0.29) is 5.56 Å². The molecule has 0 fully saturated rings. The smallest absolute Gasteiger partial charge is 0.339 e. The average Bonchev–Trinajstić information content (AvgIpc) is 2.78. The molecule has 0 aliphatic carbocycles. The Balaban J connectivity index is 1.69. The zero-order chi connectivity index (χ0) is 22.0. The molecule has 0 unspecified atom stereocenters. The van der Waals surface area contributed by atoms with Crippen molar-refractivity contribution in [3.05, 3.63) is 101 Å². The fourth-order valence-electron chi connectivity index (χ4n) is 3.49. The standard InChI is InChI=1S/C26H20FNO3/c1-16-7-9-19(10-8-16)25-17(2)24(21-5-3-4-6-22(21)28-25)26(30)31-15-23(29)18-11-13-20(27)14-12-18/h3-14H,15H2,1-2H3. The minimum Gasteiger partial charge on any atom is -0.454 e. The van der Waals surface area contributed by atoms with Crippen molar-refractivity contribution in [3.63, 3.8) is 0 Å². The summed E-state index contributed by atoms with van der Waals surface area (Å²) in [6.45, 7) is 3.40. The molecule has 0 spiro atoms. The number of carbonyl (C=O) groups excluding carboxylic acids is 2. The van der Waals surface area contributed by atoms with Crippen molar-refractivity contribution in [2.75, 3.05) is 6.61 Å². The highest BCUT2D eigenvalue weighted by Gasteiger charge is 2.21. The van der Waals surface area contributed by atoms with Crippen LogP contribution in [0.4, 0.5) is 4.39 Å². The zero-order valence-corrected chi connectivity index (χ0v) is 17.2. The van der Waals surface area contributed by atoms with Crippen LogP contribution in [0.25, 0.3) is 22.2 Å². The molecule has 0 N–H and O–H groups in total. The minimum atomic E-state index is -0.597. The summed E-state index contributed by atoms with van der Waals surface area (Å²) in [6.07, 6.45) is 0. The fourth-order valence-corrected chi connectivity index (χ4v) is 3.49. The van der Waals surface area contributed by atoms with Crippen molar-refractivity contribution in [2.24, 2.45) is 0 Å². The van der Waals surface area contributed by atoms with Crippen molar-refractivity contribution in [1.29, 1.82) is 0 Å². The van der Waals surface area contributed by atoms with Gasteiger partial charge in [0.25, 0.3) is 0 Å². The fraction of sp³-hybridized carbons (Fsp3) is 0.115. The number of hydrogen-bond acceptors (Lipinski definition) is 4. The molecule has 1 aromatic heterocycles. The van der Waals surface area contributed by atoms with Crippen LogP contribution in [-0.2, 0) is 4.74 Å². The molecule has 0 atom stereocenters. The van der Waals surface area contributed by atoms with E-state index in [0.29, 0.717) is 27.7 Å². The van der Waals surface area contributed by atoms with Crippen LogP contribution in [0, 0.1) is 19.7 Å². The summed E-state index contributed by atoms with van der Waals surface area (Å²) in [5, 5.41) is 0.662. The Morgan fingerprint density at radius 3 is 2.29 bits per heavy atom. The summed E-state index contributed by atoms with van der Waals surface area (Å²) in [4.78, 5) is 30.2. The Hall–Kier alpha value is -3.86. The second-order valence-electron chi connectivity index (χ2n) is 7.35. The van der Waals surface area contributed by atoms with Gasteiger partial charge in [0.1, 0.15) is 5.82 Å². The number of aryl methyl sites for hydroxylation is 1. The number of para-hydroxylation sites is 1. The lowest BCUT2D eigenvalue weighted by molar-refractivity contribution is 0.0476. The van der Waals surface area contributed by atoms with Crippen LogP contribution in [0.2, 0.25) is 0 Å². The Kier molecular flexibility index (Phi) is 5.58. The molecule has 1 heterocycles. The number of ether oxygens (including phenoxy) is 1. The number of benzene rings is 3. The second kappa shape index (κ2) is 8.48. The van der Waals surface area contributed by atoms with Gasteiger partial charge in [0.2, 0.25) is 0 Å². The Morgan fingerprint density at radius 1 is 0.903 bits per heavy atom. The first-order valence-corrected chi connectivity index (χ1v) is 9.86. The van der Waals surface area contributed by atoms with E-state index in [1.807, 2.05) is 62.4 Å². The van der Waals surface area contributed by atoms with E-state index in [9.17, 15) is 14.0 Å². The predicted molar refractivity (Wildman–Crippen MR) is 118 cm³/mol. The third kappa shape index (κ3) is 4.21. The first-order valence-electron chi connectivity index (χ1n) is 9.86. The third-order valence-electron chi connectivity index (χ3n) is 5.17. The van der Waals surface area contributed by atoms with Gasteiger partial charge in [-0.15, -0.1) is 0 Å². The molecule has 31 heavy (non-hydrogen) atoms. The van der Waals surface area contributed by atoms with Gasteiger partial charge >= 0.3 is 5.97 Å². The first kappa shape index (κ1) is 20.4. The van der Waals surface area contributed by atoms with Crippen LogP contribution >= 0.6 is 0 Å². The number of Topliss-reactive ketones (excluding diaryl/α,β-unsaturated/α-hetero) is 1. The van der Waals surface area contributed by atoms with Gasteiger partial charge in [0.05, 0.1) is 16.8 Å². The van der Waals surface area contributed by atoms with Gasteiger partial charge in [0.15, 0.2) is 12.4 Å². The monoisotopic (exact) mass is 413 g/mol. The zero-order valence-electron chi connectivity index (χ0n) is 17.2. The third-order valence-corrected chi connectivity index (χ3v) is 5.17. The Labute approximate surface area is 179 Å². The van der Waals surface area contributed by atoms with Crippen molar-refractivity contribution < 1.29 is 18.7 Å². The number of nitrogens with zero attached hydrogens (tertiary/aromatic N) is 1. The molecule has 4 nitrogen and oxygen atoms in total. The summed E-state index contributed by atoms with van der Waals surface area (Å²) in [7, 11) is 0. The minimum absolute atomic E-state index is 0.283. The lowest BCUT2D eigenvalue weighted by Crippen LogP contribution is -2.16. The summed E-state index contributed by atoms with van der Waals surface area (Å²) >= 11 is 0. The lowest BCUT2D eigenvalue weighted by Gasteiger charge is -2.14. The molecular formula is C26H20FNO3. The number of pyridine rings is 1. The Bertz CT molecular complexity index is 1280. The van der Waals surface area contributed by atoms with Gasteiger partial charge in [-0.25, -0.2) is 14.2 Å². The number of carbonyl (C=O) groups is 2. The average molecular weight is 413 g/mol. The molecule has 0 aliphatic rings. The maximum absolute atomic E-state index is 13.1. The molecule has 5 heteroatoms. The van der Waals surface area contributed by atoms with E-state index in [1.165, 1.54) is 24.3 Å². The number of rotatable bonds is 5. The molecule has 4 rings (SSSR count). The van der Waals surface area contributed by atoms with Gasteiger partial charge in [-0.3, -0.25) is 4.79 Å². The molecule has 0 aliphatic heterocycles. The number of ketones is 1. The van der Waals surface area contributed by atoms with Crippen LogP contribution in [0.5, 0.6) is 0 Å². The maximum atomic E-state index is 13.1. The first-order chi connectivity index (χ1) is 14.9. The van der Waals surface area contributed by atoms with Gasteiger partial charge in [-0.1, -0.05) is 48.0 Å². The Morgan fingerprint density at radius 2 is 1.58 bits per heavy atom. The molecule has 0 saturated carbocycles. The van der Waals surface area contributed by atoms with Crippen LogP contribution in [0.1, 0.15) is 31.8 Å². The number of aromatic nitrogens is 1.